The molecule has 2 heterocycles. The Balaban J connectivity index is 2.01. The van der Waals surface area contributed by atoms with Crippen LogP contribution in [0.3, 0.4) is 0 Å². The molecule has 1 saturated heterocycles. The van der Waals surface area contributed by atoms with Crippen molar-refractivity contribution >= 4 is 16.7 Å². The first kappa shape index (κ1) is 15.6. The molecule has 7 heteroatoms. The fraction of sp³-hybridized carbons (Fsp3) is 0.438. The number of hydrogen-bond donors (Lipinski definition) is 1. The zero-order chi connectivity index (χ0) is 16.6. The minimum Gasteiger partial charge on any atom is -0.481 e. The average Bonchev–Trinajstić information content (AvgIpc) is 2.82. The lowest BCUT2D eigenvalue weighted by molar-refractivity contribution is -0.140. The molecule has 1 aromatic heterocycles. The van der Waals surface area contributed by atoms with Gasteiger partial charge in [0.15, 0.2) is 5.79 Å². The van der Waals surface area contributed by atoms with Gasteiger partial charge in [0.1, 0.15) is 6.10 Å². The number of carboxylic acids is 1. The molecule has 1 fully saturated rings. The molecule has 0 bridgehead atoms. The molecule has 1 aliphatic rings. The predicted molar refractivity (Wildman–Crippen MR) is 82.2 cm³/mol. The van der Waals surface area contributed by atoms with E-state index in [0.29, 0.717) is 23.1 Å². The molecule has 7 nitrogen and oxygen atoms in total. The maximum atomic E-state index is 12.6. The van der Waals surface area contributed by atoms with Crippen molar-refractivity contribution in [2.45, 2.75) is 38.7 Å². The number of fused-ring (bicyclic) bond motifs is 1. The van der Waals surface area contributed by atoms with Crippen LogP contribution >= 0.6 is 0 Å². The maximum Gasteiger partial charge on any atom is 0.309 e. The maximum absolute atomic E-state index is 12.6. The fourth-order valence-corrected chi connectivity index (χ4v) is 2.75. The van der Waals surface area contributed by atoms with Gasteiger partial charge < -0.3 is 14.6 Å². The second-order valence-electron chi connectivity index (χ2n) is 6.00. The molecule has 0 radical (unpaired) electrons. The monoisotopic (exact) mass is 318 g/mol. The van der Waals surface area contributed by atoms with E-state index < -0.39 is 11.8 Å². The SMILES string of the molecule is CC1(C)OCC(Cn2nc(CC(=O)O)c3ccccc3c2=O)O1. The van der Waals surface area contributed by atoms with Crippen LogP contribution in [-0.2, 0) is 27.2 Å². The highest BCUT2D eigenvalue weighted by Gasteiger charge is 2.33. The number of aromatic nitrogens is 2. The highest BCUT2D eigenvalue weighted by Crippen LogP contribution is 2.23. The lowest BCUT2D eigenvalue weighted by Crippen LogP contribution is -2.32. The Morgan fingerprint density at radius 3 is 2.70 bits per heavy atom. The van der Waals surface area contributed by atoms with Crippen molar-refractivity contribution in [1.82, 2.24) is 9.78 Å². The minimum absolute atomic E-state index is 0.222. The van der Waals surface area contributed by atoms with Crippen molar-refractivity contribution in [2.24, 2.45) is 0 Å². The molecule has 1 N–H and O–H groups in total. The second-order valence-corrected chi connectivity index (χ2v) is 6.00. The highest BCUT2D eigenvalue weighted by atomic mass is 16.7. The minimum atomic E-state index is -0.991. The van der Waals surface area contributed by atoms with Crippen LogP contribution in [0.15, 0.2) is 29.1 Å². The summed E-state index contributed by atoms with van der Waals surface area (Å²) < 4.78 is 12.5. The van der Waals surface area contributed by atoms with Crippen LogP contribution in [0.4, 0.5) is 0 Å². The van der Waals surface area contributed by atoms with E-state index in [1.165, 1.54) is 4.68 Å². The Morgan fingerprint density at radius 1 is 1.39 bits per heavy atom. The third-order valence-electron chi connectivity index (χ3n) is 3.71. The van der Waals surface area contributed by atoms with E-state index in [-0.39, 0.29) is 24.6 Å². The van der Waals surface area contributed by atoms with Gasteiger partial charge in [-0.3, -0.25) is 9.59 Å². The van der Waals surface area contributed by atoms with Crippen LogP contribution < -0.4 is 5.56 Å². The van der Waals surface area contributed by atoms with Gasteiger partial charge >= 0.3 is 5.97 Å². The molecular formula is C16H18N2O5. The first-order valence-corrected chi connectivity index (χ1v) is 7.38. The van der Waals surface area contributed by atoms with Gasteiger partial charge in [-0.2, -0.15) is 5.10 Å². The quantitative estimate of drug-likeness (QED) is 0.910. The van der Waals surface area contributed by atoms with Crippen LogP contribution in [0.2, 0.25) is 0 Å². The van der Waals surface area contributed by atoms with Crippen molar-refractivity contribution in [2.75, 3.05) is 6.61 Å². The fourth-order valence-electron chi connectivity index (χ4n) is 2.75. The molecule has 3 rings (SSSR count). The van der Waals surface area contributed by atoms with E-state index in [4.69, 9.17) is 14.6 Å². The Bertz CT molecular complexity index is 812. The summed E-state index contributed by atoms with van der Waals surface area (Å²) in [6, 6.07) is 6.90. The molecule has 23 heavy (non-hydrogen) atoms. The number of nitrogens with zero attached hydrogens (tertiary/aromatic N) is 2. The molecule has 122 valence electrons. The molecule has 0 amide bonds. The van der Waals surface area contributed by atoms with E-state index in [0.717, 1.165) is 0 Å². The second kappa shape index (κ2) is 5.75. The third-order valence-corrected chi connectivity index (χ3v) is 3.71. The van der Waals surface area contributed by atoms with Gasteiger partial charge in [-0.1, -0.05) is 18.2 Å². The van der Waals surface area contributed by atoms with Gasteiger partial charge in [-0.15, -0.1) is 0 Å². The van der Waals surface area contributed by atoms with Crippen LogP contribution in [-0.4, -0.2) is 39.4 Å². The Kier molecular flexibility index (Phi) is 3.91. The van der Waals surface area contributed by atoms with Gasteiger partial charge in [0.25, 0.3) is 5.56 Å². The molecule has 0 saturated carbocycles. The zero-order valence-electron chi connectivity index (χ0n) is 13.0. The lowest BCUT2D eigenvalue weighted by atomic mass is 10.1. The molecule has 0 spiro atoms. The molecule has 2 aromatic rings. The number of rotatable bonds is 4. The number of ether oxygens (including phenoxy) is 2. The van der Waals surface area contributed by atoms with Gasteiger partial charge in [-0.05, 0) is 19.9 Å². The molecule has 1 unspecified atom stereocenters. The van der Waals surface area contributed by atoms with E-state index in [2.05, 4.69) is 5.10 Å². The van der Waals surface area contributed by atoms with Gasteiger partial charge in [0.05, 0.1) is 30.7 Å². The van der Waals surface area contributed by atoms with Gasteiger partial charge in [0.2, 0.25) is 0 Å². The summed E-state index contributed by atoms with van der Waals surface area (Å²) in [4.78, 5) is 23.6. The van der Waals surface area contributed by atoms with E-state index in [1.54, 1.807) is 38.1 Å². The topological polar surface area (TPSA) is 90.7 Å². The number of carboxylic acid groups (broad SMARTS) is 1. The van der Waals surface area contributed by atoms with Crippen molar-refractivity contribution in [3.05, 3.63) is 40.3 Å². The average molecular weight is 318 g/mol. The van der Waals surface area contributed by atoms with Crippen molar-refractivity contribution in [3.8, 4) is 0 Å². The van der Waals surface area contributed by atoms with Crippen molar-refractivity contribution < 1.29 is 19.4 Å². The standard InChI is InChI=1S/C16H18N2O5/c1-16(2)22-9-10(23-16)8-18-15(21)12-6-4-3-5-11(12)13(17-18)7-14(19)20/h3-6,10H,7-9H2,1-2H3,(H,19,20). The summed E-state index contributed by atoms with van der Waals surface area (Å²) in [5, 5.41) is 14.3. The molecule has 1 atom stereocenters. The number of benzene rings is 1. The highest BCUT2D eigenvalue weighted by molar-refractivity contribution is 5.86. The van der Waals surface area contributed by atoms with Crippen molar-refractivity contribution in [3.63, 3.8) is 0 Å². The van der Waals surface area contributed by atoms with Crippen LogP contribution in [0.25, 0.3) is 10.8 Å². The first-order chi connectivity index (χ1) is 10.9. The summed E-state index contributed by atoms with van der Waals surface area (Å²) in [6.07, 6.45) is -0.539. The summed E-state index contributed by atoms with van der Waals surface area (Å²) in [7, 11) is 0. The summed E-state index contributed by atoms with van der Waals surface area (Å²) >= 11 is 0. The number of carbonyl (C=O) groups is 1. The summed E-state index contributed by atoms with van der Waals surface area (Å²) in [5.41, 5.74) is 0.105. The largest absolute Gasteiger partial charge is 0.481 e. The van der Waals surface area contributed by atoms with Gasteiger partial charge in [0, 0.05) is 5.39 Å². The lowest BCUT2D eigenvalue weighted by Gasteiger charge is -2.17. The molecular weight excluding hydrogens is 300 g/mol. The Morgan fingerprint density at radius 2 is 2.09 bits per heavy atom. The van der Waals surface area contributed by atoms with Crippen LogP contribution in [0.5, 0.6) is 0 Å². The first-order valence-electron chi connectivity index (χ1n) is 7.38. The molecule has 0 aliphatic carbocycles. The van der Waals surface area contributed by atoms with Crippen LogP contribution in [0, 0.1) is 0 Å². The summed E-state index contributed by atoms with van der Waals surface area (Å²) in [6.45, 7) is 4.20. The summed E-state index contributed by atoms with van der Waals surface area (Å²) in [5.74, 6) is -1.68. The molecule has 1 aromatic carbocycles. The third kappa shape index (κ3) is 3.25. The molecule has 1 aliphatic heterocycles. The van der Waals surface area contributed by atoms with E-state index in [9.17, 15) is 9.59 Å². The van der Waals surface area contributed by atoms with Crippen molar-refractivity contribution in [1.29, 1.82) is 0 Å². The van der Waals surface area contributed by atoms with E-state index >= 15 is 0 Å². The van der Waals surface area contributed by atoms with Crippen LogP contribution in [0.1, 0.15) is 19.5 Å². The zero-order valence-corrected chi connectivity index (χ0v) is 13.0. The normalized spacial score (nSPS) is 20.0. The van der Waals surface area contributed by atoms with E-state index in [1.807, 2.05) is 0 Å². The number of aliphatic carboxylic acids is 1. The van der Waals surface area contributed by atoms with Gasteiger partial charge in [-0.25, -0.2) is 4.68 Å². The predicted octanol–water partition coefficient (Wildman–Crippen LogP) is 1.18. The Labute approximate surface area is 132 Å². The number of hydrogen-bond acceptors (Lipinski definition) is 5. The smallest absolute Gasteiger partial charge is 0.309 e. The Hall–Kier alpha value is -2.25.